The topological polar surface area (TPSA) is 63.3 Å². The standard InChI is InChI=1S/C13H9F2NO2/c14-8-3-1-7(2-4-8)9-5-6-10(16)12(15)11(9)13(17)18/h1-6H,16H2,(H,17,18). The summed E-state index contributed by atoms with van der Waals surface area (Å²) in [4.78, 5) is 11.1. The first-order valence-corrected chi connectivity index (χ1v) is 5.08. The van der Waals surface area contributed by atoms with Crippen LogP contribution in [-0.2, 0) is 0 Å². The van der Waals surface area contributed by atoms with Gasteiger partial charge in [0, 0.05) is 0 Å². The molecule has 2 rings (SSSR count). The summed E-state index contributed by atoms with van der Waals surface area (Å²) in [5.74, 6) is -2.85. The molecule has 0 saturated carbocycles. The average molecular weight is 249 g/mol. The molecule has 0 radical (unpaired) electrons. The van der Waals surface area contributed by atoms with Gasteiger partial charge in [0.15, 0.2) is 5.82 Å². The fraction of sp³-hybridized carbons (Fsp3) is 0. The summed E-state index contributed by atoms with van der Waals surface area (Å²) in [5, 5.41) is 9.02. The number of anilines is 1. The van der Waals surface area contributed by atoms with Crippen LogP contribution < -0.4 is 5.73 Å². The van der Waals surface area contributed by atoms with Crippen LogP contribution in [0.3, 0.4) is 0 Å². The number of halogens is 2. The molecule has 0 bridgehead atoms. The fourth-order valence-corrected chi connectivity index (χ4v) is 1.67. The predicted molar refractivity (Wildman–Crippen MR) is 63.2 cm³/mol. The molecule has 0 spiro atoms. The molecule has 0 heterocycles. The number of carboxylic acid groups (broad SMARTS) is 1. The smallest absolute Gasteiger partial charge is 0.339 e. The molecule has 0 aliphatic carbocycles. The summed E-state index contributed by atoms with van der Waals surface area (Å²) in [7, 11) is 0. The van der Waals surface area contributed by atoms with Crippen LogP contribution in [0.5, 0.6) is 0 Å². The Morgan fingerprint density at radius 2 is 1.67 bits per heavy atom. The van der Waals surface area contributed by atoms with Gasteiger partial charge in [-0.15, -0.1) is 0 Å². The first kappa shape index (κ1) is 12.0. The van der Waals surface area contributed by atoms with Gasteiger partial charge in [-0.3, -0.25) is 0 Å². The van der Waals surface area contributed by atoms with Crippen molar-refractivity contribution in [1.29, 1.82) is 0 Å². The Bertz CT molecular complexity index is 609. The number of carbonyl (C=O) groups is 1. The Kier molecular flexibility index (Phi) is 2.97. The Morgan fingerprint density at radius 1 is 1.06 bits per heavy atom. The monoisotopic (exact) mass is 249 g/mol. The summed E-state index contributed by atoms with van der Waals surface area (Å²) in [5.41, 5.74) is 5.15. The highest BCUT2D eigenvalue weighted by Gasteiger charge is 2.19. The third-order valence-electron chi connectivity index (χ3n) is 2.54. The van der Waals surface area contributed by atoms with Gasteiger partial charge in [-0.1, -0.05) is 18.2 Å². The van der Waals surface area contributed by atoms with Crippen LogP contribution in [-0.4, -0.2) is 11.1 Å². The molecular weight excluding hydrogens is 240 g/mol. The molecule has 0 aliphatic rings. The lowest BCUT2D eigenvalue weighted by Gasteiger charge is -2.09. The molecule has 0 saturated heterocycles. The second-order valence-corrected chi connectivity index (χ2v) is 3.70. The van der Waals surface area contributed by atoms with Gasteiger partial charge in [0.05, 0.1) is 5.69 Å². The van der Waals surface area contributed by atoms with E-state index >= 15 is 0 Å². The molecule has 2 aromatic carbocycles. The summed E-state index contributed by atoms with van der Waals surface area (Å²) in [6.07, 6.45) is 0. The Morgan fingerprint density at radius 3 is 2.22 bits per heavy atom. The predicted octanol–water partition coefficient (Wildman–Crippen LogP) is 2.91. The number of hydrogen-bond acceptors (Lipinski definition) is 2. The number of hydrogen-bond donors (Lipinski definition) is 2. The zero-order valence-electron chi connectivity index (χ0n) is 9.15. The van der Waals surface area contributed by atoms with E-state index in [9.17, 15) is 13.6 Å². The molecule has 18 heavy (non-hydrogen) atoms. The van der Waals surface area contributed by atoms with Crippen molar-refractivity contribution in [3.63, 3.8) is 0 Å². The highest BCUT2D eigenvalue weighted by atomic mass is 19.1. The zero-order valence-corrected chi connectivity index (χ0v) is 9.15. The minimum absolute atomic E-state index is 0.161. The third kappa shape index (κ3) is 2.02. The molecule has 0 aliphatic heterocycles. The summed E-state index contributed by atoms with van der Waals surface area (Å²) in [6, 6.07) is 7.79. The van der Waals surface area contributed by atoms with Gasteiger partial charge < -0.3 is 10.8 Å². The van der Waals surface area contributed by atoms with Gasteiger partial charge in [-0.05, 0) is 29.3 Å². The Balaban J connectivity index is 2.68. The van der Waals surface area contributed by atoms with E-state index in [0.717, 1.165) is 0 Å². The summed E-state index contributed by atoms with van der Waals surface area (Å²) in [6.45, 7) is 0. The molecule has 2 aromatic rings. The number of carboxylic acids is 1. The van der Waals surface area contributed by atoms with Crippen molar-refractivity contribution in [2.75, 3.05) is 5.73 Å². The van der Waals surface area contributed by atoms with Crippen LogP contribution in [0.2, 0.25) is 0 Å². The van der Waals surface area contributed by atoms with Crippen molar-refractivity contribution in [2.24, 2.45) is 0 Å². The summed E-state index contributed by atoms with van der Waals surface area (Å²) < 4.78 is 26.5. The van der Waals surface area contributed by atoms with Crippen molar-refractivity contribution in [3.8, 4) is 11.1 Å². The van der Waals surface area contributed by atoms with Crippen LogP contribution in [0.25, 0.3) is 11.1 Å². The van der Waals surface area contributed by atoms with Gasteiger partial charge in [0.25, 0.3) is 0 Å². The molecule has 0 fully saturated rings. The molecule has 0 aromatic heterocycles. The van der Waals surface area contributed by atoms with Crippen molar-refractivity contribution in [2.45, 2.75) is 0 Å². The van der Waals surface area contributed by atoms with Crippen molar-refractivity contribution in [3.05, 3.63) is 53.6 Å². The van der Waals surface area contributed by atoms with E-state index in [1.54, 1.807) is 0 Å². The minimum atomic E-state index is -1.42. The number of benzene rings is 2. The molecule has 0 amide bonds. The Hall–Kier alpha value is -2.43. The van der Waals surface area contributed by atoms with Gasteiger partial charge in [-0.2, -0.15) is 0 Å². The van der Waals surface area contributed by atoms with Crippen LogP contribution in [0, 0.1) is 11.6 Å². The quantitative estimate of drug-likeness (QED) is 0.804. The fourth-order valence-electron chi connectivity index (χ4n) is 1.67. The maximum atomic E-state index is 13.7. The lowest BCUT2D eigenvalue weighted by Crippen LogP contribution is -2.06. The van der Waals surface area contributed by atoms with E-state index in [2.05, 4.69) is 0 Å². The highest BCUT2D eigenvalue weighted by Crippen LogP contribution is 2.28. The van der Waals surface area contributed by atoms with Gasteiger partial charge in [0.2, 0.25) is 0 Å². The first-order valence-electron chi connectivity index (χ1n) is 5.08. The third-order valence-corrected chi connectivity index (χ3v) is 2.54. The maximum absolute atomic E-state index is 13.7. The number of aromatic carboxylic acids is 1. The van der Waals surface area contributed by atoms with Crippen molar-refractivity contribution < 1.29 is 18.7 Å². The largest absolute Gasteiger partial charge is 0.478 e. The van der Waals surface area contributed by atoms with Crippen LogP contribution in [0.15, 0.2) is 36.4 Å². The highest BCUT2D eigenvalue weighted by molar-refractivity contribution is 5.97. The first-order chi connectivity index (χ1) is 8.50. The van der Waals surface area contributed by atoms with Gasteiger partial charge in [0.1, 0.15) is 11.4 Å². The van der Waals surface area contributed by atoms with Crippen LogP contribution >= 0.6 is 0 Å². The molecule has 0 unspecified atom stereocenters. The van der Waals surface area contributed by atoms with E-state index < -0.39 is 23.2 Å². The second kappa shape index (κ2) is 4.44. The molecule has 92 valence electrons. The normalized spacial score (nSPS) is 10.3. The Labute approximate surface area is 101 Å². The van der Waals surface area contributed by atoms with E-state index in [1.165, 1.54) is 36.4 Å². The zero-order chi connectivity index (χ0) is 13.3. The van der Waals surface area contributed by atoms with E-state index in [4.69, 9.17) is 10.8 Å². The average Bonchev–Trinajstić information content (AvgIpc) is 2.33. The van der Waals surface area contributed by atoms with Crippen molar-refractivity contribution in [1.82, 2.24) is 0 Å². The molecule has 3 nitrogen and oxygen atoms in total. The summed E-state index contributed by atoms with van der Waals surface area (Å²) >= 11 is 0. The minimum Gasteiger partial charge on any atom is -0.478 e. The van der Waals surface area contributed by atoms with Crippen LogP contribution in [0.4, 0.5) is 14.5 Å². The second-order valence-electron chi connectivity index (χ2n) is 3.70. The van der Waals surface area contributed by atoms with E-state index in [1.807, 2.05) is 0 Å². The lowest BCUT2D eigenvalue weighted by atomic mass is 9.98. The van der Waals surface area contributed by atoms with Crippen LogP contribution in [0.1, 0.15) is 10.4 Å². The van der Waals surface area contributed by atoms with Crippen molar-refractivity contribution >= 4 is 11.7 Å². The number of nitrogens with two attached hydrogens (primary N) is 1. The molecule has 3 N–H and O–H groups in total. The number of rotatable bonds is 2. The lowest BCUT2D eigenvalue weighted by molar-refractivity contribution is 0.0693. The van der Waals surface area contributed by atoms with Gasteiger partial charge in [-0.25, -0.2) is 13.6 Å². The number of nitrogen functional groups attached to an aromatic ring is 1. The molecule has 0 atom stereocenters. The maximum Gasteiger partial charge on any atom is 0.339 e. The van der Waals surface area contributed by atoms with E-state index in [-0.39, 0.29) is 11.3 Å². The molecule has 5 heteroatoms. The molecular formula is C13H9F2NO2. The van der Waals surface area contributed by atoms with E-state index in [0.29, 0.717) is 5.56 Å². The van der Waals surface area contributed by atoms with Gasteiger partial charge >= 0.3 is 5.97 Å². The SMILES string of the molecule is Nc1ccc(-c2ccc(F)cc2)c(C(=O)O)c1F.